The minimum Gasteiger partial charge on any atom is -0.480 e. The van der Waals surface area contributed by atoms with Crippen LogP contribution < -0.4 is 0 Å². The molecule has 0 aliphatic carbocycles. The number of carbonyl (C=O) groups is 1. The molecule has 0 radical (unpaired) electrons. The SMILES string of the molecule is CC(C)(C)c1cc(CN2Cc3[nH]cnc3C[C@H]2C(=O)O)[nH]n1. The van der Waals surface area contributed by atoms with Gasteiger partial charge in [0, 0.05) is 30.6 Å². The summed E-state index contributed by atoms with van der Waals surface area (Å²) in [4.78, 5) is 20.8. The molecule has 1 aliphatic heterocycles. The number of imidazole rings is 1. The Bertz CT molecular complexity index is 682. The molecule has 7 heteroatoms. The second-order valence-electron chi connectivity index (χ2n) is 6.82. The van der Waals surface area contributed by atoms with Crippen LogP contribution >= 0.6 is 0 Å². The van der Waals surface area contributed by atoms with Crippen LogP contribution in [0, 0.1) is 0 Å². The van der Waals surface area contributed by atoms with Gasteiger partial charge in [-0.2, -0.15) is 5.10 Å². The number of carboxylic acids is 1. The Morgan fingerprint density at radius 3 is 2.91 bits per heavy atom. The molecule has 0 amide bonds. The lowest BCUT2D eigenvalue weighted by Gasteiger charge is -2.31. The van der Waals surface area contributed by atoms with Gasteiger partial charge in [0.1, 0.15) is 6.04 Å². The van der Waals surface area contributed by atoms with E-state index >= 15 is 0 Å². The van der Waals surface area contributed by atoms with Crippen LogP contribution in [0.25, 0.3) is 0 Å². The maximum absolute atomic E-state index is 11.5. The van der Waals surface area contributed by atoms with Crippen LogP contribution in [0.2, 0.25) is 0 Å². The molecule has 0 aromatic carbocycles. The average Bonchev–Trinajstić information content (AvgIpc) is 3.05. The molecule has 0 saturated carbocycles. The van der Waals surface area contributed by atoms with Crippen LogP contribution in [0.1, 0.15) is 43.5 Å². The van der Waals surface area contributed by atoms with E-state index in [1.807, 2.05) is 11.0 Å². The van der Waals surface area contributed by atoms with Crippen LogP contribution in [0.5, 0.6) is 0 Å². The van der Waals surface area contributed by atoms with E-state index in [1.165, 1.54) is 0 Å². The Hall–Kier alpha value is -2.15. The van der Waals surface area contributed by atoms with E-state index in [-0.39, 0.29) is 5.41 Å². The molecule has 118 valence electrons. The summed E-state index contributed by atoms with van der Waals surface area (Å²) in [6, 6.07) is 1.46. The van der Waals surface area contributed by atoms with E-state index in [9.17, 15) is 9.90 Å². The first-order chi connectivity index (χ1) is 10.3. The fourth-order valence-corrected chi connectivity index (χ4v) is 2.74. The molecule has 1 aliphatic rings. The molecule has 0 fully saturated rings. The number of aliphatic carboxylic acids is 1. The van der Waals surface area contributed by atoms with Crippen molar-refractivity contribution in [1.82, 2.24) is 25.1 Å². The van der Waals surface area contributed by atoms with Crippen molar-refractivity contribution < 1.29 is 9.90 Å². The van der Waals surface area contributed by atoms with E-state index in [2.05, 4.69) is 40.9 Å². The molecule has 0 unspecified atom stereocenters. The second-order valence-corrected chi connectivity index (χ2v) is 6.82. The second kappa shape index (κ2) is 5.24. The Kier molecular flexibility index (Phi) is 3.52. The third kappa shape index (κ3) is 2.76. The van der Waals surface area contributed by atoms with E-state index in [1.54, 1.807) is 6.33 Å². The standard InChI is InChI=1S/C15H21N5O2/c1-15(2,3)13-4-9(18-19-13)6-20-7-11-10(16-8-17-11)5-12(20)14(21)22/h4,8,12H,5-7H2,1-3H3,(H,16,17)(H,18,19)(H,21,22)/t12-/m0/s1. The van der Waals surface area contributed by atoms with E-state index in [0.29, 0.717) is 19.5 Å². The Labute approximate surface area is 128 Å². The fourth-order valence-electron chi connectivity index (χ4n) is 2.74. The first-order valence-electron chi connectivity index (χ1n) is 7.37. The van der Waals surface area contributed by atoms with Crippen LogP contribution in [0.4, 0.5) is 0 Å². The zero-order valence-corrected chi connectivity index (χ0v) is 13.1. The third-order valence-electron chi connectivity index (χ3n) is 4.05. The first-order valence-corrected chi connectivity index (χ1v) is 7.37. The van der Waals surface area contributed by atoms with Crippen molar-refractivity contribution in [2.75, 3.05) is 0 Å². The quantitative estimate of drug-likeness (QED) is 0.797. The monoisotopic (exact) mass is 303 g/mol. The number of nitrogens with zero attached hydrogens (tertiary/aromatic N) is 3. The Morgan fingerprint density at radius 1 is 1.50 bits per heavy atom. The first kappa shape index (κ1) is 14.8. The molecule has 2 aromatic rings. The summed E-state index contributed by atoms with van der Waals surface area (Å²) < 4.78 is 0. The number of hydrogen-bond donors (Lipinski definition) is 3. The maximum Gasteiger partial charge on any atom is 0.321 e. The van der Waals surface area contributed by atoms with Crippen molar-refractivity contribution in [3.05, 3.63) is 35.2 Å². The smallest absolute Gasteiger partial charge is 0.321 e. The van der Waals surface area contributed by atoms with Gasteiger partial charge in [-0.25, -0.2) is 4.98 Å². The number of carboxylic acid groups (broad SMARTS) is 1. The van der Waals surface area contributed by atoms with E-state index in [4.69, 9.17) is 0 Å². The summed E-state index contributed by atoms with van der Waals surface area (Å²) in [5.41, 5.74) is 3.73. The number of rotatable bonds is 3. The molecule has 7 nitrogen and oxygen atoms in total. The average molecular weight is 303 g/mol. The minimum absolute atomic E-state index is 0.0284. The molecule has 3 N–H and O–H groups in total. The van der Waals surface area contributed by atoms with Gasteiger partial charge in [0.05, 0.1) is 23.4 Å². The lowest BCUT2D eigenvalue weighted by Crippen LogP contribution is -2.45. The summed E-state index contributed by atoms with van der Waals surface area (Å²) in [5.74, 6) is -0.816. The number of fused-ring (bicyclic) bond motifs is 1. The molecule has 22 heavy (non-hydrogen) atoms. The Morgan fingerprint density at radius 2 is 2.27 bits per heavy atom. The van der Waals surface area contributed by atoms with Crippen LogP contribution in [-0.4, -0.2) is 42.2 Å². The van der Waals surface area contributed by atoms with Gasteiger partial charge in [-0.05, 0) is 6.07 Å². The lowest BCUT2D eigenvalue weighted by atomic mass is 9.92. The molecule has 0 bridgehead atoms. The van der Waals surface area contributed by atoms with Crippen LogP contribution in [-0.2, 0) is 29.7 Å². The van der Waals surface area contributed by atoms with Crippen LogP contribution in [0.3, 0.4) is 0 Å². The highest BCUT2D eigenvalue weighted by molar-refractivity contribution is 5.74. The number of H-pyrrole nitrogens is 2. The summed E-state index contributed by atoms with van der Waals surface area (Å²) in [6.07, 6.45) is 2.05. The lowest BCUT2D eigenvalue weighted by molar-refractivity contribution is -0.144. The van der Waals surface area contributed by atoms with Gasteiger partial charge in [-0.15, -0.1) is 0 Å². The van der Waals surface area contributed by atoms with Gasteiger partial charge in [-0.1, -0.05) is 20.8 Å². The molecular formula is C15H21N5O2. The molecule has 2 aromatic heterocycles. The third-order valence-corrected chi connectivity index (χ3v) is 4.05. The summed E-state index contributed by atoms with van der Waals surface area (Å²) in [7, 11) is 0. The fraction of sp³-hybridized carbons (Fsp3) is 0.533. The number of nitrogens with one attached hydrogen (secondary N) is 2. The molecule has 0 spiro atoms. The van der Waals surface area contributed by atoms with Gasteiger partial charge in [-0.3, -0.25) is 14.8 Å². The van der Waals surface area contributed by atoms with Gasteiger partial charge in [0.25, 0.3) is 0 Å². The highest BCUT2D eigenvalue weighted by Crippen LogP contribution is 2.24. The summed E-state index contributed by atoms with van der Waals surface area (Å²) >= 11 is 0. The number of aromatic nitrogens is 4. The normalized spacial score (nSPS) is 19.1. The predicted molar refractivity (Wildman–Crippen MR) is 80.3 cm³/mol. The van der Waals surface area contributed by atoms with Gasteiger partial charge < -0.3 is 10.1 Å². The summed E-state index contributed by atoms with van der Waals surface area (Å²) in [5, 5.41) is 16.8. The molecule has 0 saturated heterocycles. The topological polar surface area (TPSA) is 97.9 Å². The van der Waals surface area contributed by atoms with Crippen molar-refractivity contribution in [3.63, 3.8) is 0 Å². The molecular weight excluding hydrogens is 282 g/mol. The highest BCUT2D eigenvalue weighted by atomic mass is 16.4. The molecule has 3 heterocycles. The minimum atomic E-state index is -0.816. The number of aromatic amines is 2. The van der Waals surface area contributed by atoms with Crippen molar-refractivity contribution in [1.29, 1.82) is 0 Å². The number of hydrogen-bond acceptors (Lipinski definition) is 4. The maximum atomic E-state index is 11.5. The van der Waals surface area contributed by atoms with E-state index < -0.39 is 12.0 Å². The highest BCUT2D eigenvalue weighted by Gasteiger charge is 2.33. The van der Waals surface area contributed by atoms with E-state index in [0.717, 1.165) is 22.8 Å². The largest absolute Gasteiger partial charge is 0.480 e. The van der Waals surface area contributed by atoms with Gasteiger partial charge in [0.15, 0.2) is 0 Å². The van der Waals surface area contributed by atoms with Gasteiger partial charge >= 0.3 is 5.97 Å². The summed E-state index contributed by atoms with van der Waals surface area (Å²) in [6.45, 7) is 7.38. The zero-order valence-electron chi connectivity index (χ0n) is 13.1. The predicted octanol–water partition coefficient (Wildman–Crippen LogP) is 1.44. The Balaban J connectivity index is 1.81. The van der Waals surface area contributed by atoms with Crippen molar-refractivity contribution in [3.8, 4) is 0 Å². The zero-order chi connectivity index (χ0) is 15.9. The molecule has 3 rings (SSSR count). The van der Waals surface area contributed by atoms with Crippen molar-refractivity contribution >= 4 is 5.97 Å². The molecule has 1 atom stereocenters. The van der Waals surface area contributed by atoms with Crippen LogP contribution in [0.15, 0.2) is 12.4 Å². The van der Waals surface area contributed by atoms with Gasteiger partial charge in [0.2, 0.25) is 0 Å². The van der Waals surface area contributed by atoms with Crippen molar-refractivity contribution in [2.24, 2.45) is 0 Å². The van der Waals surface area contributed by atoms with Crippen molar-refractivity contribution in [2.45, 2.75) is 51.7 Å².